The van der Waals surface area contributed by atoms with E-state index in [-0.39, 0.29) is 11.0 Å². The van der Waals surface area contributed by atoms with Crippen molar-refractivity contribution in [3.05, 3.63) is 22.7 Å². The standard InChI is InChI=1S/C10H11ClN2O2/c1-15-9(14)8-5-7(6-3-2-4-6)12-10(11)13-8/h5-6H,2-4H2,1H3. The van der Waals surface area contributed by atoms with E-state index in [1.54, 1.807) is 6.07 Å². The Hall–Kier alpha value is -1.16. The van der Waals surface area contributed by atoms with Gasteiger partial charge >= 0.3 is 5.97 Å². The van der Waals surface area contributed by atoms with Crippen molar-refractivity contribution in [2.75, 3.05) is 7.11 Å². The second-order valence-electron chi connectivity index (χ2n) is 3.57. The van der Waals surface area contributed by atoms with E-state index >= 15 is 0 Å². The summed E-state index contributed by atoms with van der Waals surface area (Å²) in [5.74, 6) is -0.0474. The lowest BCUT2D eigenvalue weighted by molar-refractivity contribution is 0.0593. The first-order valence-corrected chi connectivity index (χ1v) is 5.21. The molecule has 0 amide bonds. The zero-order chi connectivity index (χ0) is 10.8. The SMILES string of the molecule is COC(=O)c1cc(C2CCC2)nc(Cl)n1. The monoisotopic (exact) mass is 226 g/mol. The molecule has 1 aromatic rings. The van der Waals surface area contributed by atoms with E-state index in [1.807, 2.05) is 0 Å². The smallest absolute Gasteiger partial charge is 0.356 e. The maximum Gasteiger partial charge on any atom is 0.356 e. The second kappa shape index (κ2) is 4.14. The molecule has 0 atom stereocenters. The van der Waals surface area contributed by atoms with Crippen molar-refractivity contribution < 1.29 is 9.53 Å². The number of nitrogens with zero attached hydrogens (tertiary/aromatic N) is 2. The van der Waals surface area contributed by atoms with Gasteiger partial charge in [0.1, 0.15) is 0 Å². The number of esters is 1. The Morgan fingerprint density at radius 1 is 1.53 bits per heavy atom. The van der Waals surface area contributed by atoms with Crippen LogP contribution in [0, 0.1) is 0 Å². The fourth-order valence-electron chi connectivity index (χ4n) is 1.56. The van der Waals surface area contributed by atoms with Crippen LogP contribution in [-0.4, -0.2) is 23.0 Å². The van der Waals surface area contributed by atoms with Crippen molar-refractivity contribution in [2.45, 2.75) is 25.2 Å². The molecule has 0 bridgehead atoms. The number of hydrogen-bond donors (Lipinski definition) is 0. The molecule has 1 saturated carbocycles. The Morgan fingerprint density at radius 2 is 2.27 bits per heavy atom. The summed E-state index contributed by atoms with van der Waals surface area (Å²) >= 11 is 5.75. The lowest BCUT2D eigenvalue weighted by Crippen LogP contribution is -2.14. The Bertz CT molecular complexity index is 391. The minimum Gasteiger partial charge on any atom is -0.464 e. The number of ether oxygens (including phenoxy) is 1. The third-order valence-corrected chi connectivity index (χ3v) is 2.81. The van der Waals surface area contributed by atoms with E-state index in [0.29, 0.717) is 5.92 Å². The molecular weight excluding hydrogens is 216 g/mol. The fraction of sp³-hybridized carbons (Fsp3) is 0.500. The van der Waals surface area contributed by atoms with Gasteiger partial charge in [0.2, 0.25) is 5.28 Å². The van der Waals surface area contributed by atoms with Crippen LogP contribution in [0.5, 0.6) is 0 Å². The van der Waals surface area contributed by atoms with Crippen molar-refractivity contribution in [2.24, 2.45) is 0 Å². The van der Waals surface area contributed by atoms with Crippen LogP contribution in [0.15, 0.2) is 6.07 Å². The number of halogens is 1. The second-order valence-corrected chi connectivity index (χ2v) is 3.90. The first-order valence-electron chi connectivity index (χ1n) is 4.83. The van der Waals surface area contributed by atoms with Crippen LogP contribution in [0.2, 0.25) is 5.28 Å². The molecule has 1 aliphatic rings. The Morgan fingerprint density at radius 3 is 2.80 bits per heavy atom. The fourth-order valence-corrected chi connectivity index (χ4v) is 1.75. The molecule has 0 aliphatic heterocycles. The number of carbonyl (C=O) groups excluding carboxylic acids is 1. The number of methoxy groups -OCH3 is 1. The van der Waals surface area contributed by atoms with Gasteiger partial charge in [0.15, 0.2) is 5.69 Å². The Balaban J connectivity index is 2.31. The van der Waals surface area contributed by atoms with Gasteiger partial charge in [0, 0.05) is 11.6 Å². The molecule has 5 heteroatoms. The average Bonchev–Trinajstić information content (AvgIpc) is 2.13. The van der Waals surface area contributed by atoms with Gasteiger partial charge in [-0.1, -0.05) is 6.42 Å². The summed E-state index contributed by atoms with van der Waals surface area (Å²) in [6.07, 6.45) is 3.42. The van der Waals surface area contributed by atoms with Crippen LogP contribution in [0.25, 0.3) is 0 Å². The zero-order valence-electron chi connectivity index (χ0n) is 8.36. The van der Waals surface area contributed by atoms with Crippen LogP contribution in [0.1, 0.15) is 41.4 Å². The molecular formula is C10H11ClN2O2. The molecule has 0 saturated heterocycles. The van der Waals surface area contributed by atoms with Gasteiger partial charge in [-0.25, -0.2) is 14.8 Å². The van der Waals surface area contributed by atoms with Crippen LogP contribution < -0.4 is 0 Å². The molecule has 0 N–H and O–H groups in total. The van der Waals surface area contributed by atoms with Gasteiger partial charge in [-0.2, -0.15) is 0 Å². The van der Waals surface area contributed by atoms with Gasteiger partial charge in [0.25, 0.3) is 0 Å². The largest absolute Gasteiger partial charge is 0.464 e. The molecule has 80 valence electrons. The number of hydrogen-bond acceptors (Lipinski definition) is 4. The summed E-state index contributed by atoms with van der Waals surface area (Å²) in [6.45, 7) is 0. The molecule has 2 rings (SSSR count). The summed E-state index contributed by atoms with van der Waals surface area (Å²) in [4.78, 5) is 19.2. The molecule has 15 heavy (non-hydrogen) atoms. The maximum atomic E-state index is 11.3. The number of carbonyl (C=O) groups is 1. The molecule has 1 fully saturated rings. The van der Waals surface area contributed by atoms with Gasteiger partial charge in [-0.3, -0.25) is 0 Å². The highest BCUT2D eigenvalue weighted by atomic mass is 35.5. The number of rotatable bonds is 2. The molecule has 1 aliphatic carbocycles. The van der Waals surface area contributed by atoms with Crippen molar-refractivity contribution in [1.29, 1.82) is 0 Å². The molecule has 0 radical (unpaired) electrons. The van der Waals surface area contributed by atoms with Crippen molar-refractivity contribution in [1.82, 2.24) is 9.97 Å². The third kappa shape index (κ3) is 2.09. The van der Waals surface area contributed by atoms with E-state index in [9.17, 15) is 4.79 Å². The lowest BCUT2D eigenvalue weighted by Gasteiger charge is -2.24. The Labute approximate surface area is 92.6 Å². The first kappa shape index (κ1) is 10.4. The van der Waals surface area contributed by atoms with E-state index in [2.05, 4.69) is 14.7 Å². The quantitative estimate of drug-likeness (QED) is 0.573. The van der Waals surface area contributed by atoms with Crippen molar-refractivity contribution in [3.63, 3.8) is 0 Å². The lowest BCUT2D eigenvalue weighted by atomic mass is 9.83. The third-order valence-electron chi connectivity index (χ3n) is 2.64. The molecule has 0 spiro atoms. The van der Waals surface area contributed by atoms with Crippen molar-refractivity contribution in [3.8, 4) is 0 Å². The zero-order valence-corrected chi connectivity index (χ0v) is 9.12. The summed E-state index contributed by atoms with van der Waals surface area (Å²) in [6, 6.07) is 1.67. The molecule has 1 aromatic heterocycles. The number of aromatic nitrogens is 2. The van der Waals surface area contributed by atoms with Crippen LogP contribution in [-0.2, 0) is 4.74 Å². The van der Waals surface area contributed by atoms with E-state index in [0.717, 1.165) is 18.5 Å². The van der Waals surface area contributed by atoms with E-state index in [4.69, 9.17) is 11.6 Å². The van der Waals surface area contributed by atoms with Crippen LogP contribution in [0.3, 0.4) is 0 Å². The molecule has 1 heterocycles. The predicted octanol–water partition coefficient (Wildman–Crippen LogP) is 2.18. The van der Waals surface area contributed by atoms with Crippen molar-refractivity contribution >= 4 is 17.6 Å². The van der Waals surface area contributed by atoms with E-state index in [1.165, 1.54) is 13.5 Å². The maximum absolute atomic E-state index is 11.3. The molecule has 4 nitrogen and oxygen atoms in total. The summed E-state index contributed by atoms with van der Waals surface area (Å²) in [5.41, 5.74) is 1.08. The molecule has 0 aromatic carbocycles. The van der Waals surface area contributed by atoms with Gasteiger partial charge in [0.05, 0.1) is 7.11 Å². The average molecular weight is 227 g/mol. The molecule has 0 unspecified atom stereocenters. The highest BCUT2D eigenvalue weighted by molar-refractivity contribution is 6.28. The van der Waals surface area contributed by atoms with Gasteiger partial charge in [-0.05, 0) is 30.5 Å². The predicted molar refractivity (Wildman–Crippen MR) is 55.0 cm³/mol. The highest BCUT2D eigenvalue weighted by Gasteiger charge is 2.23. The summed E-state index contributed by atoms with van der Waals surface area (Å²) < 4.78 is 4.59. The minimum atomic E-state index is -0.472. The summed E-state index contributed by atoms with van der Waals surface area (Å²) in [7, 11) is 1.32. The van der Waals surface area contributed by atoms with Gasteiger partial charge < -0.3 is 4.74 Å². The van der Waals surface area contributed by atoms with Gasteiger partial charge in [-0.15, -0.1) is 0 Å². The first-order chi connectivity index (χ1) is 7.20. The van der Waals surface area contributed by atoms with E-state index < -0.39 is 5.97 Å². The van der Waals surface area contributed by atoms with Crippen LogP contribution in [0.4, 0.5) is 0 Å². The summed E-state index contributed by atoms with van der Waals surface area (Å²) in [5, 5.41) is 0.111. The highest BCUT2D eigenvalue weighted by Crippen LogP contribution is 2.35. The van der Waals surface area contributed by atoms with Crippen LogP contribution >= 0.6 is 11.6 Å². The topological polar surface area (TPSA) is 52.1 Å². The minimum absolute atomic E-state index is 0.111. The normalized spacial score (nSPS) is 15.9. The Kier molecular flexibility index (Phi) is 2.86.